The summed E-state index contributed by atoms with van der Waals surface area (Å²) in [6.07, 6.45) is 5.68. The summed E-state index contributed by atoms with van der Waals surface area (Å²) in [6, 6.07) is 0.565. The van der Waals surface area contributed by atoms with Crippen molar-refractivity contribution in [3.8, 4) is 0 Å². The lowest BCUT2D eigenvalue weighted by Crippen LogP contribution is -2.38. The third-order valence-electron chi connectivity index (χ3n) is 4.55. The number of nitrogens with zero attached hydrogens (tertiary/aromatic N) is 1. The summed E-state index contributed by atoms with van der Waals surface area (Å²) in [5, 5.41) is 3.40. The minimum atomic E-state index is 0. The van der Waals surface area contributed by atoms with E-state index >= 15 is 0 Å². The maximum absolute atomic E-state index is 12.5. The second-order valence-electron chi connectivity index (χ2n) is 6.94. The molecule has 1 aliphatic heterocycles. The lowest BCUT2D eigenvalue weighted by Gasteiger charge is -2.31. The molecule has 0 radical (unpaired) electrons. The van der Waals surface area contributed by atoms with Crippen molar-refractivity contribution in [3.05, 3.63) is 0 Å². The monoisotopic (exact) mass is 302 g/mol. The normalized spacial score (nSPS) is 21.4. The number of hydrogen-bond acceptors (Lipinski definition) is 2. The van der Waals surface area contributed by atoms with Gasteiger partial charge in [-0.25, -0.2) is 0 Å². The molecule has 2 aliphatic rings. The minimum absolute atomic E-state index is 0. The predicted molar refractivity (Wildman–Crippen MR) is 86.2 cm³/mol. The quantitative estimate of drug-likeness (QED) is 0.818. The predicted octanol–water partition coefficient (Wildman–Crippen LogP) is 3.08. The average molecular weight is 303 g/mol. The Hall–Kier alpha value is -0.280. The Morgan fingerprint density at radius 1 is 1.15 bits per heavy atom. The van der Waals surface area contributed by atoms with Gasteiger partial charge >= 0.3 is 0 Å². The first-order valence-electron chi connectivity index (χ1n) is 8.08. The summed E-state index contributed by atoms with van der Waals surface area (Å²) < 4.78 is 0. The molecule has 2 fully saturated rings. The van der Waals surface area contributed by atoms with Gasteiger partial charge in [-0.05, 0) is 56.5 Å². The highest BCUT2D eigenvalue weighted by Crippen LogP contribution is 2.30. The van der Waals surface area contributed by atoms with E-state index < -0.39 is 0 Å². The molecule has 1 amide bonds. The lowest BCUT2D eigenvalue weighted by atomic mass is 9.84. The van der Waals surface area contributed by atoms with Gasteiger partial charge < -0.3 is 10.2 Å². The van der Waals surface area contributed by atoms with E-state index in [1.54, 1.807) is 0 Å². The summed E-state index contributed by atoms with van der Waals surface area (Å²) in [7, 11) is 0. The average Bonchev–Trinajstić information content (AvgIpc) is 3.21. The fraction of sp³-hybridized carbons (Fsp3) is 0.938. The first-order chi connectivity index (χ1) is 9.08. The molecule has 1 saturated carbocycles. The van der Waals surface area contributed by atoms with Gasteiger partial charge in [0.25, 0.3) is 0 Å². The Balaban J connectivity index is 0.00000200. The van der Waals surface area contributed by atoms with Crippen LogP contribution in [0, 0.1) is 17.8 Å². The number of piperidine rings is 1. The smallest absolute Gasteiger partial charge is 0.223 e. The summed E-state index contributed by atoms with van der Waals surface area (Å²) in [5.41, 5.74) is 0. The number of nitrogens with one attached hydrogen (secondary N) is 1. The Kier molecular flexibility index (Phi) is 7.32. The van der Waals surface area contributed by atoms with Crippen LogP contribution in [0.1, 0.15) is 52.9 Å². The number of hydrogen-bond donors (Lipinski definition) is 1. The van der Waals surface area contributed by atoms with Crippen LogP contribution in [0.3, 0.4) is 0 Å². The van der Waals surface area contributed by atoms with Crippen molar-refractivity contribution in [2.45, 2.75) is 58.9 Å². The zero-order valence-electron chi connectivity index (χ0n) is 13.2. The van der Waals surface area contributed by atoms with E-state index in [0.29, 0.717) is 23.8 Å². The summed E-state index contributed by atoms with van der Waals surface area (Å²) in [5.74, 6) is 2.27. The molecular weight excluding hydrogens is 272 g/mol. The van der Waals surface area contributed by atoms with E-state index in [4.69, 9.17) is 0 Å². The van der Waals surface area contributed by atoms with Gasteiger partial charge in [-0.3, -0.25) is 4.79 Å². The molecule has 2 rings (SSSR count). The Bertz CT molecular complexity index is 299. The first kappa shape index (κ1) is 17.8. The molecule has 0 spiro atoms. The number of halogens is 1. The van der Waals surface area contributed by atoms with Crippen LogP contribution in [0.4, 0.5) is 0 Å². The SMILES string of the molecule is CC(C)CN(C(=O)CC(C)C1CCNCC1)C1CC1.Cl. The molecule has 20 heavy (non-hydrogen) atoms. The van der Waals surface area contributed by atoms with Gasteiger partial charge in [-0.2, -0.15) is 0 Å². The second kappa shape index (κ2) is 8.23. The van der Waals surface area contributed by atoms with Crippen molar-refractivity contribution in [2.75, 3.05) is 19.6 Å². The van der Waals surface area contributed by atoms with E-state index in [1.165, 1.54) is 25.7 Å². The fourth-order valence-electron chi connectivity index (χ4n) is 3.21. The van der Waals surface area contributed by atoms with E-state index in [2.05, 4.69) is 31.0 Å². The summed E-state index contributed by atoms with van der Waals surface area (Å²) >= 11 is 0. The van der Waals surface area contributed by atoms with Gasteiger partial charge in [-0.15, -0.1) is 12.4 Å². The largest absolute Gasteiger partial charge is 0.339 e. The number of rotatable bonds is 6. The molecule has 0 bridgehead atoms. The van der Waals surface area contributed by atoms with Crippen molar-refractivity contribution >= 4 is 18.3 Å². The number of amides is 1. The molecule has 4 heteroatoms. The maximum Gasteiger partial charge on any atom is 0.223 e. The van der Waals surface area contributed by atoms with Gasteiger partial charge in [0.15, 0.2) is 0 Å². The maximum atomic E-state index is 12.5. The van der Waals surface area contributed by atoms with Crippen LogP contribution in [-0.4, -0.2) is 36.5 Å². The standard InChI is InChI=1S/C16H30N2O.ClH/c1-12(2)11-18(15-4-5-15)16(19)10-13(3)14-6-8-17-9-7-14;/h12-15,17H,4-11H2,1-3H3;1H. The number of carbonyl (C=O) groups is 1. The zero-order chi connectivity index (χ0) is 13.8. The van der Waals surface area contributed by atoms with Gasteiger partial charge in [0.05, 0.1) is 0 Å². The number of carbonyl (C=O) groups excluding carboxylic acids is 1. The Morgan fingerprint density at radius 2 is 1.75 bits per heavy atom. The van der Waals surface area contributed by atoms with Crippen molar-refractivity contribution in [3.63, 3.8) is 0 Å². The highest BCUT2D eigenvalue weighted by atomic mass is 35.5. The highest BCUT2D eigenvalue weighted by molar-refractivity contribution is 5.85. The highest BCUT2D eigenvalue weighted by Gasteiger charge is 2.34. The molecule has 0 aromatic heterocycles. The van der Waals surface area contributed by atoms with Crippen LogP contribution in [0.15, 0.2) is 0 Å². The van der Waals surface area contributed by atoms with Crippen LogP contribution in [0.25, 0.3) is 0 Å². The summed E-state index contributed by atoms with van der Waals surface area (Å²) in [4.78, 5) is 14.7. The lowest BCUT2D eigenvalue weighted by molar-refractivity contribution is -0.133. The van der Waals surface area contributed by atoms with Crippen LogP contribution < -0.4 is 5.32 Å². The van der Waals surface area contributed by atoms with Crippen molar-refractivity contribution < 1.29 is 4.79 Å². The van der Waals surface area contributed by atoms with Crippen LogP contribution in [0.2, 0.25) is 0 Å². The molecule has 118 valence electrons. The van der Waals surface area contributed by atoms with Gasteiger partial charge in [-0.1, -0.05) is 20.8 Å². The van der Waals surface area contributed by atoms with E-state index in [1.807, 2.05) is 0 Å². The molecule has 1 saturated heterocycles. The molecular formula is C16H31ClN2O. The molecule has 0 aromatic carbocycles. The van der Waals surface area contributed by atoms with Crippen molar-refractivity contribution in [1.82, 2.24) is 10.2 Å². The van der Waals surface area contributed by atoms with Crippen molar-refractivity contribution in [1.29, 1.82) is 0 Å². The molecule has 1 atom stereocenters. The topological polar surface area (TPSA) is 32.3 Å². The molecule has 1 unspecified atom stereocenters. The molecule has 0 aromatic rings. The molecule has 1 N–H and O–H groups in total. The third-order valence-corrected chi connectivity index (χ3v) is 4.55. The van der Waals surface area contributed by atoms with E-state index in [9.17, 15) is 4.79 Å². The van der Waals surface area contributed by atoms with Gasteiger partial charge in [0.2, 0.25) is 5.91 Å². The van der Waals surface area contributed by atoms with Crippen LogP contribution in [-0.2, 0) is 4.79 Å². The van der Waals surface area contributed by atoms with Crippen LogP contribution in [0.5, 0.6) is 0 Å². The molecule has 1 heterocycles. The van der Waals surface area contributed by atoms with Crippen molar-refractivity contribution in [2.24, 2.45) is 17.8 Å². The third kappa shape index (κ3) is 5.25. The Morgan fingerprint density at radius 3 is 2.25 bits per heavy atom. The minimum Gasteiger partial charge on any atom is -0.339 e. The second-order valence-corrected chi connectivity index (χ2v) is 6.94. The summed E-state index contributed by atoms with van der Waals surface area (Å²) in [6.45, 7) is 9.89. The Labute approximate surface area is 130 Å². The molecule has 3 nitrogen and oxygen atoms in total. The zero-order valence-corrected chi connectivity index (χ0v) is 14.0. The van der Waals surface area contributed by atoms with E-state index in [0.717, 1.165) is 32.0 Å². The molecule has 1 aliphatic carbocycles. The van der Waals surface area contributed by atoms with E-state index in [-0.39, 0.29) is 12.4 Å². The van der Waals surface area contributed by atoms with Gasteiger partial charge in [0, 0.05) is 19.0 Å². The van der Waals surface area contributed by atoms with Gasteiger partial charge in [0.1, 0.15) is 0 Å². The fourth-order valence-corrected chi connectivity index (χ4v) is 3.21. The first-order valence-corrected chi connectivity index (χ1v) is 8.08. The van der Waals surface area contributed by atoms with Crippen LogP contribution >= 0.6 is 12.4 Å².